The molecule has 0 aliphatic carbocycles. The molecule has 4 N–H and O–H groups in total. The van der Waals surface area contributed by atoms with Crippen LogP contribution in [0.15, 0.2) is 12.3 Å². The summed E-state index contributed by atoms with van der Waals surface area (Å²) in [6.45, 7) is 0. The van der Waals surface area contributed by atoms with Crippen molar-refractivity contribution < 1.29 is 29.3 Å². The third-order valence-electron chi connectivity index (χ3n) is 1.73. The summed E-state index contributed by atoms with van der Waals surface area (Å²) >= 11 is 0. The lowest BCUT2D eigenvalue weighted by molar-refractivity contribution is -0.100. The first-order chi connectivity index (χ1) is 7.00. The van der Waals surface area contributed by atoms with Crippen LogP contribution in [0.1, 0.15) is 6.42 Å². The molecule has 0 aromatic carbocycles. The number of hydrazine groups is 1. The second-order valence-corrected chi connectivity index (χ2v) is 2.76. The molecule has 1 rings (SSSR count). The van der Waals surface area contributed by atoms with Gasteiger partial charge in [-0.2, -0.15) is 0 Å². The van der Waals surface area contributed by atoms with Gasteiger partial charge in [0.05, 0.1) is 0 Å². The van der Waals surface area contributed by atoms with Gasteiger partial charge in [-0.05, 0) is 0 Å². The van der Waals surface area contributed by atoms with E-state index in [1.54, 1.807) is 6.08 Å². The fourth-order valence-corrected chi connectivity index (χ4v) is 1.19. The first kappa shape index (κ1) is 11.1. The Kier molecular flexibility index (Phi) is 3.34. The minimum atomic E-state index is -1.55. The van der Waals surface area contributed by atoms with Crippen molar-refractivity contribution in [2.75, 3.05) is 0 Å². The van der Waals surface area contributed by atoms with Crippen molar-refractivity contribution in [2.45, 2.75) is 18.8 Å². The predicted molar refractivity (Wildman–Crippen MR) is 45.6 cm³/mol. The maximum absolute atomic E-state index is 10.3. The molecule has 84 valence electrons. The van der Waals surface area contributed by atoms with E-state index in [2.05, 4.69) is 9.47 Å². The summed E-state index contributed by atoms with van der Waals surface area (Å²) in [6.07, 6.45) is -2.05. The number of nitrogens with two attached hydrogens (primary N) is 1. The number of ether oxygens (including phenoxy) is 2. The van der Waals surface area contributed by atoms with Crippen molar-refractivity contribution in [2.24, 2.45) is 5.84 Å². The van der Waals surface area contributed by atoms with Crippen LogP contribution in [0, 0.1) is 0 Å². The maximum Gasteiger partial charge on any atom is 0.507 e. The summed E-state index contributed by atoms with van der Waals surface area (Å²) in [5.41, 5.74) is 0. The second kappa shape index (κ2) is 4.51. The number of nitrogens with zero attached hydrogens (tertiary/aromatic N) is 1. The number of hydrogen-bond acceptors (Lipinski definition) is 6. The Hall–Kier alpha value is -1.96. The van der Waals surface area contributed by atoms with E-state index >= 15 is 0 Å². The van der Waals surface area contributed by atoms with Gasteiger partial charge in [0.1, 0.15) is 0 Å². The van der Waals surface area contributed by atoms with Gasteiger partial charge in [-0.3, -0.25) is 5.01 Å². The highest BCUT2D eigenvalue weighted by Gasteiger charge is 2.33. The number of hydrogen-bond donors (Lipinski definition) is 3. The van der Waals surface area contributed by atoms with Gasteiger partial charge in [0.25, 0.3) is 0 Å². The number of carboxylic acid groups (broad SMARTS) is 2. The Balaban J connectivity index is 2.70. The lowest BCUT2D eigenvalue weighted by atomic mass is 10.1. The van der Waals surface area contributed by atoms with E-state index < -0.39 is 24.6 Å². The van der Waals surface area contributed by atoms with Crippen molar-refractivity contribution in [1.82, 2.24) is 5.01 Å². The lowest BCUT2D eigenvalue weighted by Crippen LogP contribution is -2.50. The zero-order chi connectivity index (χ0) is 11.4. The summed E-state index contributed by atoms with van der Waals surface area (Å²) in [6, 6.07) is 0. The van der Waals surface area contributed by atoms with Crippen LogP contribution in [0.2, 0.25) is 0 Å². The van der Waals surface area contributed by atoms with Gasteiger partial charge >= 0.3 is 12.3 Å². The van der Waals surface area contributed by atoms with Crippen molar-refractivity contribution in [1.29, 1.82) is 0 Å². The molecule has 0 radical (unpaired) electrons. The fourth-order valence-electron chi connectivity index (χ4n) is 1.19. The Labute approximate surface area is 84.4 Å². The molecule has 1 aliphatic rings. The molecule has 15 heavy (non-hydrogen) atoms. The van der Waals surface area contributed by atoms with Crippen molar-refractivity contribution in [3.05, 3.63) is 12.3 Å². The summed E-state index contributed by atoms with van der Waals surface area (Å²) in [7, 11) is 0. The molecule has 2 atom stereocenters. The van der Waals surface area contributed by atoms with E-state index in [1.807, 2.05) is 0 Å². The van der Waals surface area contributed by atoms with Crippen LogP contribution in [0.25, 0.3) is 0 Å². The van der Waals surface area contributed by atoms with E-state index in [9.17, 15) is 9.59 Å². The van der Waals surface area contributed by atoms with Crippen LogP contribution in [-0.4, -0.2) is 39.9 Å². The van der Waals surface area contributed by atoms with Gasteiger partial charge in [-0.25, -0.2) is 15.4 Å². The summed E-state index contributed by atoms with van der Waals surface area (Å²) < 4.78 is 8.83. The Morgan fingerprint density at radius 2 is 1.93 bits per heavy atom. The van der Waals surface area contributed by atoms with Crippen LogP contribution in [0.5, 0.6) is 0 Å². The van der Waals surface area contributed by atoms with E-state index in [-0.39, 0.29) is 6.42 Å². The van der Waals surface area contributed by atoms with E-state index in [0.29, 0.717) is 0 Å². The first-order valence-electron chi connectivity index (χ1n) is 3.99. The number of rotatable bonds is 2. The van der Waals surface area contributed by atoms with Gasteiger partial charge in [-0.15, -0.1) is 0 Å². The molecule has 0 saturated heterocycles. The highest BCUT2D eigenvalue weighted by atomic mass is 16.7. The molecule has 0 aromatic rings. The molecule has 0 bridgehead atoms. The molecule has 8 heteroatoms. The van der Waals surface area contributed by atoms with Crippen LogP contribution in [0.4, 0.5) is 9.59 Å². The first-order valence-corrected chi connectivity index (χ1v) is 3.99. The normalized spacial score (nSPS) is 24.7. The van der Waals surface area contributed by atoms with Crippen molar-refractivity contribution in [3.8, 4) is 0 Å². The third-order valence-corrected chi connectivity index (χ3v) is 1.73. The van der Waals surface area contributed by atoms with Gasteiger partial charge in [0.15, 0.2) is 6.10 Å². The molecule has 2 unspecified atom stereocenters. The van der Waals surface area contributed by atoms with Crippen LogP contribution in [0.3, 0.4) is 0 Å². The molecule has 1 heterocycles. The zero-order valence-corrected chi connectivity index (χ0v) is 7.57. The summed E-state index contributed by atoms with van der Waals surface area (Å²) in [5, 5.41) is 17.7. The fraction of sp³-hybridized carbons (Fsp3) is 0.429. The molecule has 1 aliphatic heterocycles. The van der Waals surface area contributed by atoms with Gasteiger partial charge < -0.3 is 19.7 Å². The Morgan fingerprint density at radius 1 is 1.33 bits per heavy atom. The average molecular weight is 218 g/mol. The molecule has 8 nitrogen and oxygen atoms in total. The molecular weight excluding hydrogens is 208 g/mol. The van der Waals surface area contributed by atoms with Crippen LogP contribution >= 0.6 is 0 Å². The molecule has 0 amide bonds. The molecule has 0 fully saturated rings. The largest absolute Gasteiger partial charge is 0.507 e. The van der Waals surface area contributed by atoms with E-state index in [0.717, 1.165) is 5.01 Å². The van der Waals surface area contributed by atoms with Crippen LogP contribution < -0.4 is 5.84 Å². The molecular formula is C7H10N2O6. The monoisotopic (exact) mass is 218 g/mol. The summed E-state index contributed by atoms with van der Waals surface area (Å²) in [5.74, 6) is 5.38. The molecule has 0 spiro atoms. The summed E-state index contributed by atoms with van der Waals surface area (Å²) in [4.78, 5) is 20.6. The Bertz CT molecular complexity index is 291. The zero-order valence-electron chi connectivity index (χ0n) is 7.57. The minimum absolute atomic E-state index is 0.206. The quantitative estimate of drug-likeness (QED) is 0.442. The van der Waals surface area contributed by atoms with E-state index in [1.165, 1.54) is 6.20 Å². The molecule has 0 aromatic heterocycles. The predicted octanol–water partition coefficient (Wildman–Crippen LogP) is 0.163. The third kappa shape index (κ3) is 3.02. The van der Waals surface area contributed by atoms with Crippen molar-refractivity contribution >= 4 is 12.3 Å². The highest BCUT2D eigenvalue weighted by Crippen LogP contribution is 2.17. The van der Waals surface area contributed by atoms with Gasteiger partial charge in [0, 0.05) is 12.6 Å². The van der Waals surface area contributed by atoms with Crippen molar-refractivity contribution in [3.63, 3.8) is 0 Å². The molecule has 0 saturated carbocycles. The standard InChI is InChI=1S/C7H10N2O6/c8-9-3-1-2-4(14-6(10)11)5(9)15-7(12)13/h1,3-5H,2,8H2,(H,10,11)(H,12,13). The van der Waals surface area contributed by atoms with Gasteiger partial charge in [0.2, 0.25) is 6.23 Å². The van der Waals surface area contributed by atoms with Gasteiger partial charge in [-0.1, -0.05) is 6.08 Å². The maximum atomic E-state index is 10.3. The minimum Gasteiger partial charge on any atom is -0.450 e. The highest BCUT2D eigenvalue weighted by molar-refractivity contribution is 5.58. The lowest BCUT2D eigenvalue weighted by Gasteiger charge is -2.32. The average Bonchev–Trinajstić information content (AvgIpc) is 2.09. The Morgan fingerprint density at radius 3 is 2.47 bits per heavy atom. The van der Waals surface area contributed by atoms with E-state index in [4.69, 9.17) is 16.1 Å². The smallest absolute Gasteiger partial charge is 0.450 e. The SMILES string of the molecule is NN1C=CCC(OC(=O)O)C1OC(=O)O. The van der Waals surface area contributed by atoms with Crippen LogP contribution in [-0.2, 0) is 9.47 Å². The number of carbonyl (C=O) groups is 2. The topological polar surface area (TPSA) is 122 Å². The second-order valence-electron chi connectivity index (χ2n) is 2.76.